The number of hydrogen-bond donors (Lipinski definition) is 1. The molecular weight excluding hydrogens is 308 g/mol. The second kappa shape index (κ2) is 6.22. The first-order chi connectivity index (χ1) is 10.2. The van der Waals surface area contributed by atoms with Crippen LogP contribution in [0.15, 0.2) is 35.7 Å². The maximum Gasteiger partial charge on any atom is 0.126 e. The third-order valence-corrected chi connectivity index (χ3v) is 5.42. The fourth-order valence-electron chi connectivity index (χ4n) is 2.34. The number of hydrogen-bond acceptors (Lipinski definition) is 3. The molecule has 3 aromatic rings. The molecule has 3 rings (SSSR count). The lowest BCUT2D eigenvalue weighted by Gasteiger charge is -2.18. The third kappa shape index (κ3) is 3.15. The summed E-state index contributed by atoms with van der Waals surface area (Å²) in [5, 5.41) is 5.45. The maximum atomic E-state index is 13.5. The predicted molar refractivity (Wildman–Crippen MR) is 86.2 cm³/mol. The molecular formula is C16H15F2NS2. The minimum absolute atomic E-state index is 0.167. The highest BCUT2D eigenvalue weighted by molar-refractivity contribution is 7.27. The van der Waals surface area contributed by atoms with Crippen LogP contribution in [0, 0.1) is 11.6 Å². The SMILES string of the molecule is CCCNC(c1cc(F)cc(F)c1)c1cc2sccc2s1. The summed E-state index contributed by atoms with van der Waals surface area (Å²) in [5.41, 5.74) is 0.634. The highest BCUT2D eigenvalue weighted by Crippen LogP contribution is 2.36. The van der Waals surface area contributed by atoms with Crippen LogP contribution in [-0.2, 0) is 0 Å². The Labute approximate surface area is 130 Å². The molecule has 0 amide bonds. The van der Waals surface area contributed by atoms with Gasteiger partial charge < -0.3 is 5.32 Å². The number of rotatable bonds is 5. The van der Waals surface area contributed by atoms with Gasteiger partial charge in [0.25, 0.3) is 0 Å². The monoisotopic (exact) mass is 323 g/mol. The van der Waals surface area contributed by atoms with E-state index in [1.54, 1.807) is 22.7 Å². The molecule has 2 heterocycles. The lowest BCUT2D eigenvalue weighted by atomic mass is 10.0. The Hall–Kier alpha value is -1.30. The summed E-state index contributed by atoms with van der Waals surface area (Å²) in [4.78, 5) is 1.09. The van der Waals surface area contributed by atoms with Crippen LogP contribution in [0.4, 0.5) is 8.78 Å². The van der Waals surface area contributed by atoms with Gasteiger partial charge in [-0.2, -0.15) is 0 Å². The molecule has 1 unspecified atom stereocenters. The predicted octanol–water partition coefficient (Wildman–Crippen LogP) is 5.33. The van der Waals surface area contributed by atoms with Crippen molar-refractivity contribution < 1.29 is 8.78 Å². The van der Waals surface area contributed by atoms with E-state index in [4.69, 9.17) is 0 Å². The van der Waals surface area contributed by atoms with Gasteiger partial charge in [-0.3, -0.25) is 0 Å². The third-order valence-electron chi connectivity index (χ3n) is 3.26. The summed E-state index contributed by atoms with van der Waals surface area (Å²) in [5.74, 6) is -1.07. The zero-order chi connectivity index (χ0) is 14.8. The van der Waals surface area contributed by atoms with Crippen molar-refractivity contribution in [1.29, 1.82) is 0 Å². The van der Waals surface area contributed by atoms with Gasteiger partial charge >= 0.3 is 0 Å². The molecule has 0 saturated carbocycles. The van der Waals surface area contributed by atoms with E-state index in [1.165, 1.54) is 21.5 Å². The van der Waals surface area contributed by atoms with Crippen molar-refractivity contribution in [2.45, 2.75) is 19.4 Å². The average molecular weight is 323 g/mol. The maximum absolute atomic E-state index is 13.5. The molecule has 5 heteroatoms. The van der Waals surface area contributed by atoms with Crippen molar-refractivity contribution in [3.63, 3.8) is 0 Å². The normalized spacial score (nSPS) is 12.9. The zero-order valence-corrected chi connectivity index (χ0v) is 13.2. The van der Waals surface area contributed by atoms with Gasteiger partial charge in [-0.1, -0.05) is 6.92 Å². The highest BCUT2D eigenvalue weighted by Gasteiger charge is 2.18. The number of fused-ring (bicyclic) bond motifs is 1. The quantitative estimate of drug-likeness (QED) is 0.669. The number of thiophene rings is 2. The fourth-order valence-corrected chi connectivity index (χ4v) is 4.56. The molecule has 1 atom stereocenters. The van der Waals surface area contributed by atoms with Crippen LogP contribution in [0.3, 0.4) is 0 Å². The molecule has 0 radical (unpaired) electrons. The molecule has 0 saturated heterocycles. The van der Waals surface area contributed by atoms with Gasteiger partial charge in [0.15, 0.2) is 0 Å². The minimum Gasteiger partial charge on any atom is -0.306 e. The molecule has 1 nitrogen and oxygen atoms in total. The largest absolute Gasteiger partial charge is 0.306 e. The van der Waals surface area contributed by atoms with E-state index in [0.717, 1.165) is 23.9 Å². The standard InChI is InChI=1S/C16H15F2NS2/c1-2-4-19-16(10-6-11(17)8-12(18)7-10)15-9-14-13(21-15)3-5-20-14/h3,5-9,16,19H,2,4H2,1H3. The van der Waals surface area contributed by atoms with Crippen molar-refractivity contribution in [3.05, 3.63) is 57.8 Å². The Morgan fingerprint density at radius 3 is 2.52 bits per heavy atom. The lowest BCUT2D eigenvalue weighted by Crippen LogP contribution is -2.22. The van der Waals surface area contributed by atoms with Crippen molar-refractivity contribution in [2.75, 3.05) is 6.54 Å². The molecule has 0 aliphatic heterocycles. The van der Waals surface area contributed by atoms with E-state index in [1.807, 2.05) is 0 Å². The topological polar surface area (TPSA) is 12.0 Å². The second-order valence-corrected chi connectivity index (χ2v) is 6.95. The van der Waals surface area contributed by atoms with Crippen molar-refractivity contribution in [3.8, 4) is 0 Å². The van der Waals surface area contributed by atoms with Gasteiger partial charge in [-0.05, 0) is 48.2 Å². The summed E-state index contributed by atoms with van der Waals surface area (Å²) in [6.07, 6.45) is 0.966. The van der Waals surface area contributed by atoms with Gasteiger partial charge in [0.2, 0.25) is 0 Å². The molecule has 0 aliphatic rings. The van der Waals surface area contributed by atoms with E-state index in [2.05, 4.69) is 29.8 Å². The fraction of sp³-hybridized carbons (Fsp3) is 0.250. The average Bonchev–Trinajstić information content (AvgIpc) is 2.99. The van der Waals surface area contributed by atoms with Crippen LogP contribution in [0.25, 0.3) is 9.40 Å². The Morgan fingerprint density at radius 2 is 1.86 bits per heavy atom. The van der Waals surface area contributed by atoms with E-state index in [9.17, 15) is 8.78 Å². The van der Waals surface area contributed by atoms with Crippen molar-refractivity contribution in [1.82, 2.24) is 5.32 Å². The Bertz CT molecular complexity index is 699. The molecule has 110 valence electrons. The van der Waals surface area contributed by atoms with Gasteiger partial charge in [0.1, 0.15) is 11.6 Å². The van der Waals surface area contributed by atoms with Gasteiger partial charge in [-0.15, -0.1) is 22.7 Å². The lowest BCUT2D eigenvalue weighted by molar-refractivity contribution is 0.561. The Kier molecular flexibility index (Phi) is 4.33. The smallest absolute Gasteiger partial charge is 0.126 e. The first-order valence-electron chi connectivity index (χ1n) is 6.83. The summed E-state index contributed by atoms with van der Waals surface area (Å²) < 4.78 is 29.5. The van der Waals surface area contributed by atoms with Gasteiger partial charge in [-0.25, -0.2) is 8.78 Å². The molecule has 1 aromatic carbocycles. The highest BCUT2D eigenvalue weighted by atomic mass is 32.1. The first kappa shape index (κ1) is 14.6. The van der Waals surface area contributed by atoms with Gasteiger partial charge in [0.05, 0.1) is 6.04 Å². The molecule has 0 aliphatic carbocycles. The molecule has 0 spiro atoms. The van der Waals surface area contributed by atoms with Crippen LogP contribution in [0.5, 0.6) is 0 Å². The number of nitrogens with one attached hydrogen (secondary N) is 1. The minimum atomic E-state index is -0.535. The van der Waals surface area contributed by atoms with Crippen LogP contribution >= 0.6 is 22.7 Å². The van der Waals surface area contributed by atoms with Crippen LogP contribution in [0.2, 0.25) is 0 Å². The number of benzene rings is 1. The van der Waals surface area contributed by atoms with Crippen molar-refractivity contribution >= 4 is 32.1 Å². The number of halogens is 2. The first-order valence-corrected chi connectivity index (χ1v) is 8.53. The molecule has 0 bridgehead atoms. The molecule has 1 N–H and O–H groups in total. The second-order valence-electron chi connectivity index (χ2n) is 4.89. The zero-order valence-electron chi connectivity index (χ0n) is 11.5. The van der Waals surface area contributed by atoms with Crippen LogP contribution < -0.4 is 5.32 Å². The Morgan fingerprint density at radius 1 is 1.10 bits per heavy atom. The molecule has 0 fully saturated rings. The van der Waals surface area contributed by atoms with E-state index >= 15 is 0 Å². The van der Waals surface area contributed by atoms with Crippen LogP contribution in [-0.4, -0.2) is 6.54 Å². The van der Waals surface area contributed by atoms with E-state index < -0.39 is 11.6 Å². The van der Waals surface area contributed by atoms with E-state index in [-0.39, 0.29) is 6.04 Å². The van der Waals surface area contributed by atoms with Gasteiger partial charge in [0, 0.05) is 20.3 Å². The summed E-state index contributed by atoms with van der Waals surface area (Å²) >= 11 is 3.36. The molecule has 21 heavy (non-hydrogen) atoms. The van der Waals surface area contributed by atoms with Crippen LogP contribution in [0.1, 0.15) is 29.8 Å². The summed E-state index contributed by atoms with van der Waals surface area (Å²) in [7, 11) is 0. The summed E-state index contributed by atoms with van der Waals surface area (Å²) in [6, 6.07) is 7.75. The summed E-state index contributed by atoms with van der Waals surface area (Å²) in [6.45, 7) is 2.87. The Balaban J connectivity index is 2.02. The van der Waals surface area contributed by atoms with E-state index in [0.29, 0.717) is 5.56 Å². The van der Waals surface area contributed by atoms with Crippen molar-refractivity contribution in [2.24, 2.45) is 0 Å². The molecule has 2 aromatic heterocycles.